The predicted octanol–water partition coefficient (Wildman–Crippen LogP) is 4.37. The molecule has 1 N–H and O–H groups in total. The Kier molecular flexibility index (Phi) is 7.11. The van der Waals surface area contributed by atoms with Crippen LogP contribution in [0.2, 0.25) is 0 Å². The van der Waals surface area contributed by atoms with Crippen LogP contribution in [0.15, 0.2) is 0 Å². The van der Waals surface area contributed by atoms with E-state index < -0.39 is 0 Å². The molecule has 1 heteroatoms. The smallest absolute Gasteiger partial charge is 0.00979 e. The van der Waals surface area contributed by atoms with E-state index in [0.717, 1.165) is 17.9 Å². The summed E-state index contributed by atoms with van der Waals surface area (Å²) in [5, 5.41) is 3.81. The Labute approximate surface area is 102 Å². The number of nitrogens with one attached hydrogen (secondary N) is 1. The highest BCUT2D eigenvalue weighted by atomic mass is 14.9. The second kappa shape index (κ2) is 8.11. The average Bonchev–Trinajstić information content (AvgIpc) is 2.54. The minimum absolute atomic E-state index is 0.812. The predicted molar refractivity (Wildman–Crippen MR) is 72.7 cm³/mol. The van der Waals surface area contributed by atoms with Gasteiger partial charge in [0.2, 0.25) is 0 Å². The van der Waals surface area contributed by atoms with Crippen LogP contribution in [-0.2, 0) is 0 Å². The third kappa shape index (κ3) is 4.08. The highest BCUT2D eigenvalue weighted by molar-refractivity contribution is 4.83. The van der Waals surface area contributed by atoms with Crippen LogP contribution in [0.3, 0.4) is 0 Å². The Morgan fingerprint density at radius 1 is 1.00 bits per heavy atom. The highest BCUT2D eigenvalue weighted by Crippen LogP contribution is 2.32. The van der Waals surface area contributed by atoms with Crippen LogP contribution in [0.25, 0.3) is 0 Å². The maximum absolute atomic E-state index is 3.81. The van der Waals surface area contributed by atoms with Gasteiger partial charge in [-0.3, -0.25) is 0 Å². The summed E-state index contributed by atoms with van der Waals surface area (Å²) in [6, 6.07) is 0.812. The lowest BCUT2D eigenvalue weighted by molar-refractivity contribution is 0.222. The van der Waals surface area contributed by atoms with Gasteiger partial charge in [0.1, 0.15) is 0 Å². The molecule has 0 bridgehead atoms. The molecule has 1 aliphatic rings. The van der Waals surface area contributed by atoms with E-state index in [0.29, 0.717) is 0 Å². The Morgan fingerprint density at radius 2 is 1.69 bits per heavy atom. The largest absolute Gasteiger partial charge is 0.314 e. The maximum atomic E-state index is 3.81. The summed E-state index contributed by atoms with van der Waals surface area (Å²) < 4.78 is 0. The first-order valence-electron chi connectivity index (χ1n) is 7.56. The number of rotatable bonds is 6. The standard InChI is InChI=1S/C15H31N/c1-4-12-16-15-11-9-7-8-10-14(15)13(5-2)6-3/h13-16H,4-12H2,1-3H3. The van der Waals surface area contributed by atoms with Crippen molar-refractivity contribution in [3.8, 4) is 0 Å². The van der Waals surface area contributed by atoms with Crippen molar-refractivity contribution in [3.63, 3.8) is 0 Å². The van der Waals surface area contributed by atoms with Crippen molar-refractivity contribution < 1.29 is 0 Å². The lowest BCUT2D eigenvalue weighted by atomic mass is 9.79. The monoisotopic (exact) mass is 225 g/mol. The van der Waals surface area contributed by atoms with Gasteiger partial charge in [-0.2, -0.15) is 0 Å². The lowest BCUT2D eigenvalue weighted by Gasteiger charge is -2.32. The van der Waals surface area contributed by atoms with E-state index in [-0.39, 0.29) is 0 Å². The lowest BCUT2D eigenvalue weighted by Crippen LogP contribution is -2.39. The van der Waals surface area contributed by atoms with E-state index in [1.807, 2.05) is 0 Å². The third-order valence-electron chi connectivity index (χ3n) is 4.38. The van der Waals surface area contributed by atoms with Crippen molar-refractivity contribution >= 4 is 0 Å². The van der Waals surface area contributed by atoms with Crippen LogP contribution < -0.4 is 5.32 Å². The molecule has 0 aliphatic heterocycles. The Morgan fingerprint density at radius 3 is 2.31 bits per heavy atom. The molecule has 0 radical (unpaired) electrons. The van der Waals surface area contributed by atoms with E-state index >= 15 is 0 Å². The van der Waals surface area contributed by atoms with Crippen molar-refractivity contribution in [1.29, 1.82) is 0 Å². The topological polar surface area (TPSA) is 12.0 Å². The maximum Gasteiger partial charge on any atom is 0.00979 e. The van der Waals surface area contributed by atoms with Crippen molar-refractivity contribution in [3.05, 3.63) is 0 Å². The molecule has 0 aromatic rings. The molecule has 2 atom stereocenters. The molecule has 96 valence electrons. The van der Waals surface area contributed by atoms with Gasteiger partial charge in [0.15, 0.2) is 0 Å². The molecular weight excluding hydrogens is 194 g/mol. The van der Waals surface area contributed by atoms with E-state index in [1.54, 1.807) is 0 Å². The van der Waals surface area contributed by atoms with E-state index in [2.05, 4.69) is 26.1 Å². The van der Waals surface area contributed by atoms with Crippen LogP contribution in [0.4, 0.5) is 0 Å². The fraction of sp³-hybridized carbons (Fsp3) is 1.00. The molecule has 0 aromatic carbocycles. The molecule has 1 aliphatic carbocycles. The SMILES string of the molecule is CCCNC1CCCCCC1C(CC)CC. The highest BCUT2D eigenvalue weighted by Gasteiger charge is 2.28. The van der Waals surface area contributed by atoms with Crippen molar-refractivity contribution in [1.82, 2.24) is 5.32 Å². The van der Waals surface area contributed by atoms with Gasteiger partial charge in [0.25, 0.3) is 0 Å². The first-order valence-corrected chi connectivity index (χ1v) is 7.56. The quantitative estimate of drug-likeness (QED) is 0.662. The summed E-state index contributed by atoms with van der Waals surface area (Å²) in [4.78, 5) is 0. The molecule has 0 amide bonds. The van der Waals surface area contributed by atoms with Crippen molar-refractivity contribution in [2.24, 2.45) is 11.8 Å². The van der Waals surface area contributed by atoms with Gasteiger partial charge in [-0.15, -0.1) is 0 Å². The van der Waals surface area contributed by atoms with Gasteiger partial charge in [-0.25, -0.2) is 0 Å². The second-order valence-electron chi connectivity index (χ2n) is 5.44. The molecule has 0 heterocycles. The molecule has 0 aromatic heterocycles. The van der Waals surface area contributed by atoms with Gasteiger partial charge in [0.05, 0.1) is 0 Å². The molecule has 16 heavy (non-hydrogen) atoms. The summed E-state index contributed by atoms with van der Waals surface area (Å²) in [5.74, 6) is 1.90. The zero-order chi connectivity index (χ0) is 11.8. The van der Waals surface area contributed by atoms with Crippen LogP contribution >= 0.6 is 0 Å². The van der Waals surface area contributed by atoms with Gasteiger partial charge < -0.3 is 5.32 Å². The van der Waals surface area contributed by atoms with Crippen LogP contribution in [0.1, 0.15) is 72.1 Å². The first kappa shape index (κ1) is 14.0. The fourth-order valence-electron chi connectivity index (χ4n) is 3.38. The molecule has 0 saturated heterocycles. The minimum atomic E-state index is 0.812. The third-order valence-corrected chi connectivity index (χ3v) is 4.38. The van der Waals surface area contributed by atoms with Gasteiger partial charge in [-0.1, -0.05) is 52.9 Å². The molecule has 1 nitrogen and oxygen atoms in total. The Bertz CT molecular complexity index is 163. The summed E-state index contributed by atoms with van der Waals surface area (Å²) in [5.41, 5.74) is 0. The molecule has 2 unspecified atom stereocenters. The van der Waals surface area contributed by atoms with Crippen LogP contribution in [0.5, 0.6) is 0 Å². The van der Waals surface area contributed by atoms with Crippen LogP contribution in [0, 0.1) is 11.8 Å². The van der Waals surface area contributed by atoms with E-state index in [4.69, 9.17) is 0 Å². The zero-order valence-electron chi connectivity index (χ0n) is 11.6. The van der Waals surface area contributed by atoms with Gasteiger partial charge >= 0.3 is 0 Å². The van der Waals surface area contributed by atoms with Crippen molar-refractivity contribution in [2.45, 2.75) is 78.2 Å². The van der Waals surface area contributed by atoms with Gasteiger partial charge in [-0.05, 0) is 37.6 Å². The molecule has 0 spiro atoms. The fourth-order valence-corrected chi connectivity index (χ4v) is 3.38. The summed E-state index contributed by atoms with van der Waals surface area (Å²) in [6.07, 6.45) is 11.3. The molecule has 1 fully saturated rings. The molecule has 1 saturated carbocycles. The minimum Gasteiger partial charge on any atom is -0.314 e. The first-order chi connectivity index (χ1) is 7.83. The van der Waals surface area contributed by atoms with Crippen LogP contribution in [-0.4, -0.2) is 12.6 Å². The van der Waals surface area contributed by atoms with E-state index in [1.165, 1.54) is 57.9 Å². The number of hydrogen-bond donors (Lipinski definition) is 1. The molecular formula is C15H31N. The van der Waals surface area contributed by atoms with Gasteiger partial charge in [0, 0.05) is 6.04 Å². The average molecular weight is 225 g/mol. The summed E-state index contributed by atoms with van der Waals surface area (Å²) in [7, 11) is 0. The summed E-state index contributed by atoms with van der Waals surface area (Å²) in [6.45, 7) is 8.23. The van der Waals surface area contributed by atoms with Crippen molar-refractivity contribution in [2.75, 3.05) is 6.54 Å². The molecule has 1 rings (SSSR count). The van der Waals surface area contributed by atoms with E-state index in [9.17, 15) is 0 Å². The summed E-state index contributed by atoms with van der Waals surface area (Å²) >= 11 is 0. The number of hydrogen-bond acceptors (Lipinski definition) is 1. The zero-order valence-corrected chi connectivity index (χ0v) is 11.6. The Balaban J connectivity index is 2.56. The second-order valence-corrected chi connectivity index (χ2v) is 5.44. The normalized spacial score (nSPS) is 27.0. The Hall–Kier alpha value is -0.0400.